The molecule has 144 valence electrons. The van der Waals surface area contributed by atoms with Crippen molar-refractivity contribution in [3.05, 3.63) is 77.6 Å². The SMILES string of the molecule is CC(=[NH2+])c1cc(-c2cncc(OCC(N)Cc3ccccc3C)c2)ccc1N. The molecule has 0 aliphatic heterocycles. The fourth-order valence-corrected chi connectivity index (χ4v) is 3.12. The van der Waals surface area contributed by atoms with Crippen molar-refractivity contribution in [3.8, 4) is 16.9 Å². The number of hydrogen-bond acceptors (Lipinski definition) is 4. The van der Waals surface area contributed by atoms with E-state index in [1.807, 2.05) is 43.3 Å². The molecule has 0 radical (unpaired) electrons. The van der Waals surface area contributed by atoms with Gasteiger partial charge in [0.1, 0.15) is 12.4 Å². The van der Waals surface area contributed by atoms with E-state index < -0.39 is 0 Å². The number of nitrogens with two attached hydrogens (primary N) is 3. The smallest absolute Gasteiger partial charge is 0.179 e. The molecular formula is C23H27N4O+. The summed E-state index contributed by atoms with van der Waals surface area (Å²) in [5.74, 6) is 0.685. The first-order valence-electron chi connectivity index (χ1n) is 9.31. The maximum Gasteiger partial charge on any atom is 0.179 e. The topological polar surface area (TPSA) is 99.8 Å². The summed E-state index contributed by atoms with van der Waals surface area (Å²) < 4.78 is 5.90. The predicted molar refractivity (Wildman–Crippen MR) is 114 cm³/mol. The van der Waals surface area contributed by atoms with E-state index in [0.29, 0.717) is 23.8 Å². The van der Waals surface area contributed by atoms with Gasteiger partial charge in [-0.25, -0.2) is 0 Å². The number of ether oxygens (including phenoxy) is 1. The minimum Gasteiger partial charge on any atom is -0.490 e. The van der Waals surface area contributed by atoms with Crippen LogP contribution in [0.4, 0.5) is 5.69 Å². The lowest BCUT2D eigenvalue weighted by Crippen LogP contribution is -2.38. The number of hydrogen-bond donors (Lipinski definition) is 3. The molecule has 28 heavy (non-hydrogen) atoms. The molecule has 5 heteroatoms. The number of aromatic nitrogens is 1. The zero-order valence-electron chi connectivity index (χ0n) is 16.4. The second-order valence-corrected chi connectivity index (χ2v) is 7.10. The minimum atomic E-state index is -0.0950. The van der Waals surface area contributed by atoms with Crippen molar-refractivity contribution in [1.29, 1.82) is 0 Å². The van der Waals surface area contributed by atoms with E-state index in [2.05, 4.69) is 24.0 Å². The van der Waals surface area contributed by atoms with Gasteiger partial charge < -0.3 is 16.2 Å². The molecule has 0 saturated carbocycles. The zero-order chi connectivity index (χ0) is 20.1. The largest absolute Gasteiger partial charge is 0.490 e. The van der Waals surface area contributed by atoms with Crippen LogP contribution in [0.25, 0.3) is 11.1 Å². The number of pyridine rings is 1. The maximum absolute atomic E-state index is 6.27. The predicted octanol–water partition coefficient (Wildman–Crippen LogP) is 2.16. The van der Waals surface area contributed by atoms with E-state index in [0.717, 1.165) is 23.1 Å². The van der Waals surface area contributed by atoms with Crippen LogP contribution in [0.15, 0.2) is 60.9 Å². The monoisotopic (exact) mass is 375 g/mol. The van der Waals surface area contributed by atoms with Crippen LogP contribution in [0.5, 0.6) is 5.75 Å². The highest BCUT2D eigenvalue weighted by molar-refractivity contribution is 6.00. The number of nitrogens with zero attached hydrogens (tertiary/aromatic N) is 1. The molecule has 3 rings (SSSR count). The first-order chi connectivity index (χ1) is 13.4. The van der Waals surface area contributed by atoms with E-state index in [1.54, 1.807) is 12.4 Å². The van der Waals surface area contributed by atoms with Gasteiger partial charge in [0.05, 0.1) is 11.8 Å². The first kappa shape index (κ1) is 19.6. The summed E-state index contributed by atoms with van der Waals surface area (Å²) in [6.07, 6.45) is 4.26. The van der Waals surface area contributed by atoms with Crippen LogP contribution in [-0.4, -0.2) is 23.3 Å². The zero-order valence-corrected chi connectivity index (χ0v) is 16.4. The van der Waals surface area contributed by atoms with Crippen molar-refractivity contribution in [3.63, 3.8) is 0 Å². The lowest BCUT2D eigenvalue weighted by atomic mass is 10.0. The Labute approximate surface area is 165 Å². The van der Waals surface area contributed by atoms with Gasteiger partial charge in [0.15, 0.2) is 5.71 Å². The van der Waals surface area contributed by atoms with E-state index in [1.165, 1.54) is 11.1 Å². The summed E-state index contributed by atoms with van der Waals surface area (Å²) in [6.45, 7) is 4.35. The van der Waals surface area contributed by atoms with E-state index in [-0.39, 0.29) is 6.04 Å². The van der Waals surface area contributed by atoms with Crippen LogP contribution in [-0.2, 0) is 6.42 Å². The normalized spacial score (nSPS) is 11.8. The maximum atomic E-state index is 6.27. The molecule has 5 nitrogen and oxygen atoms in total. The van der Waals surface area contributed by atoms with Crippen molar-refractivity contribution in [2.75, 3.05) is 12.3 Å². The second-order valence-electron chi connectivity index (χ2n) is 7.10. The molecule has 1 unspecified atom stereocenters. The third-order valence-electron chi connectivity index (χ3n) is 4.73. The highest BCUT2D eigenvalue weighted by Gasteiger charge is 2.10. The van der Waals surface area contributed by atoms with Gasteiger partial charge in [0.2, 0.25) is 0 Å². The first-order valence-corrected chi connectivity index (χ1v) is 9.31. The second kappa shape index (κ2) is 8.67. The van der Waals surface area contributed by atoms with Crippen LogP contribution in [0.3, 0.4) is 0 Å². The van der Waals surface area contributed by atoms with Crippen molar-refractivity contribution in [1.82, 2.24) is 4.98 Å². The average molecular weight is 375 g/mol. The molecule has 0 amide bonds. The van der Waals surface area contributed by atoms with E-state index in [9.17, 15) is 0 Å². The molecule has 0 aliphatic carbocycles. The summed E-state index contributed by atoms with van der Waals surface area (Å²) in [4.78, 5) is 4.30. The Morgan fingerprint density at radius 3 is 2.64 bits per heavy atom. The standard InChI is InChI=1S/C23H26N4O/c1-15-5-3-4-6-17(15)9-20(25)14-28-21-10-19(12-27-13-21)18-7-8-23(26)22(11-18)16(2)24/h3-8,10-13,20,24H,9,14,25-26H2,1-2H3/p+1. The van der Waals surface area contributed by atoms with Crippen LogP contribution < -0.4 is 21.6 Å². The van der Waals surface area contributed by atoms with Crippen molar-refractivity contribution in [2.45, 2.75) is 26.3 Å². The third-order valence-corrected chi connectivity index (χ3v) is 4.73. The van der Waals surface area contributed by atoms with E-state index in [4.69, 9.17) is 21.6 Å². The summed E-state index contributed by atoms with van der Waals surface area (Å²) >= 11 is 0. The Kier molecular flexibility index (Phi) is 6.06. The van der Waals surface area contributed by atoms with E-state index >= 15 is 0 Å². The van der Waals surface area contributed by atoms with Crippen molar-refractivity contribution < 1.29 is 10.1 Å². The molecule has 6 N–H and O–H groups in total. The summed E-state index contributed by atoms with van der Waals surface area (Å²) in [7, 11) is 0. The van der Waals surface area contributed by atoms with Crippen LogP contribution in [0.1, 0.15) is 23.6 Å². The van der Waals surface area contributed by atoms with Gasteiger partial charge in [-0.2, -0.15) is 0 Å². The molecule has 0 aliphatic rings. The van der Waals surface area contributed by atoms with Crippen molar-refractivity contribution >= 4 is 11.4 Å². The Morgan fingerprint density at radius 1 is 1.11 bits per heavy atom. The Bertz CT molecular complexity index is 984. The minimum absolute atomic E-state index is 0.0950. The Balaban J connectivity index is 1.69. The average Bonchev–Trinajstić information content (AvgIpc) is 2.68. The molecule has 1 aromatic heterocycles. The summed E-state index contributed by atoms with van der Waals surface area (Å²) in [5, 5.41) is 5.93. The summed E-state index contributed by atoms with van der Waals surface area (Å²) in [5.41, 5.74) is 18.8. The van der Waals surface area contributed by atoms with Crippen molar-refractivity contribution in [2.24, 2.45) is 5.73 Å². The summed E-state index contributed by atoms with van der Waals surface area (Å²) in [6, 6.07) is 15.9. The van der Waals surface area contributed by atoms with Gasteiger partial charge in [-0.15, -0.1) is 0 Å². The fraction of sp³-hybridized carbons (Fsp3) is 0.217. The molecule has 0 saturated heterocycles. The number of rotatable bonds is 7. The number of aryl methyl sites for hydroxylation is 1. The quantitative estimate of drug-likeness (QED) is 0.435. The van der Waals surface area contributed by atoms with Gasteiger partial charge >= 0.3 is 0 Å². The fourth-order valence-electron chi connectivity index (χ4n) is 3.12. The highest BCUT2D eigenvalue weighted by Crippen LogP contribution is 2.26. The van der Waals surface area contributed by atoms with Crippen LogP contribution in [0.2, 0.25) is 0 Å². The molecule has 1 atom stereocenters. The highest BCUT2D eigenvalue weighted by atomic mass is 16.5. The number of benzene rings is 2. The Hall–Kier alpha value is -3.18. The van der Waals surface area contributed by atoms with Crippen LogP contribution in [0, 0.1) is 6.92 Å². The molecular weight excluding hydrogens is 348 g/mol. The van der Waals surface area contributed by atoms with Gasteiger partial charge in [-0.1, -0.05) is 30.3 Å². The molecule has 2 aromatic carbocycles. The number of anilines is 1. The van der Waals surface area contributed by atoms with Gasteiger partial charge in [-0.05, 0) is 48.2 Å². The van der Waals surface area contributed by atoms with Gasteiger partial charge in [0, 0.05) is 30.4 Å². The molecule has 3 aromatic rings. The van der Waals surface area contributed by atoms with Crippen LogP contribution >= 0.6 is 0 Å². The van der Waals surface area contributed by atoms with Gasteiger partial charge in [0.25, 0.3) is 0 Å². The third kappa shape index (κ3) is 4.75. The molecule has 0 fully saturated rings. The molecule has 1 heterocycles. The lowest BCUT2D eigenvalue weighted by molar-refractivity contribution is -0.113. The lowest BCUT2D eigenvalue weighted by Gasteiger charge is -2.15. The Morgan fingerprint density at radius 2 is 1.89 bits per heavy atom. The molecule has 0 bridgehead atoms. The number of nitrogen functional groups attached to an aromatic ring is 1. The molecule has 0 spiro atoms. The van der Waals surface area contributed by atoms with Gasteiger partial charge in [-0.3, -0.25) is 10.4 Å².